The van der Waals surface area contributed by atoms with E-state index in [2.05, 4.69) is 45.0 Å². The summed E-state index contributed by atoms with van der Waals surface area (Å²) >= 11 is 0. The second-order valence-corrected chi connectivity index (χ2v) is 4.38. The van der Waals surface area contributed by atoms with Gasteiger partial charge in [0.1, 0.15) is 11.5 Å². The summed E-state index contributed by atoms with van der Waals surface area (Å²) in [4.78, 5) is 12.5. The predicted molar refractivity (Wildman–Crippen MR) is 65.8 cm³/mol. The van der Waals surface area contributed by atoms with Gasteiger partial charge in [0.25, 0.3) is 0 Å². The molecule has 3 heterocycles. The van der Waals surface area contributed by atoms with Crippen LogP contribution in [-0.4, -0.2) is 48.1 Å². The molecule has 1 saturated heterocycles. The van der Waals surface area contributed by atoms with E-state index in [9.17, 15) is 0 Å². The van der Waals surface area contributed by atoms with Gasteiger partial charge in [0, 0.05) is 37.8 Å². The van der Waals surface area contributed by atoms with Gasteiger partial charge >= 0.3 is 0 Å². The standard InChI is InChI=1S/C12H16N4/c1-15-6-8-16(9-7-15)11-3-2-10-4-5-13-12(10)14-11/h2-5H,6-9H2,1H3,(H,13,14). The van der Waals surface area contributed by atoms with Crippen LogP contribution >= 0.6 is 0 Å². The van der Waals surface area contributed by atoms with Crippen molar-refractivity contribution in [2.45, 2.75) is 0 Å². The van der Waals surface area contributed by atoms with Crippen LogP contribution < -0.4 is 4.90 Å². The Hall–Kier alpha value is -1.55. The molecule has 1 N–H and O–H groups in total. The third-order valence-corrected chi connectivity index (χ3v) is 3.22. The molecule has 84 valence electrons. The number of rotatable bonds is 1. The summed E-state index contributed by atoms with van der Waals surface area (Å²) in [6, 6.07) is 6.30. The molecular weight excluding hydrogens is 200 g/mol. The Balaban J connectivity index is 1.87. The molecule has 3 rings (SSSR count). The van der Waals surface area contributed by atoms with Gasteiger partial charge in [-0.25, -0.2) is 4.98 Å². The molecule has 0 aliphatic carbocycles. The molecule has 2 aromatic rings. The summed E-state index contributed by atoms with van der Waals surface area (Å²) in [7, 11) is 2.17. The zero-order valence-corrected chi connectivity index (χ0v) is 9.48. The van der Waals surface area contributed by atoms with Crippen molar-refractivity contribution in [3.63, 3.8) is 0 Å². The number of pyridine rings is 1. The molecule has 0 bridgehead atoms. The van der Waals surface area contributed by atoms with E-state index in [1.165, 1.54) is 5.39 Å². The lowest BCUT2D eigenvalue weighted by molar-refractivity contribution is 0.312. The van der Waals surface area contributed by atoms with Gasteiger partial charge in [-0.15, -0.1) is 0 Å². The molecule has 1 aliphatic rings. The zero-order valence-electron chi connectivity index (χ0n) is 9.48. The highest BCUT2D eigenvalue weighted by Crippen LogP contribution is 2.17. The lowest BCUT2D eigenvalue weighted by Crippen LogP contribution is -2.44. The maximum absolute atomic E-state index is 4.64. The van der Waals surface area contributed by atoms with Crippen LogP contribution in [0.15, 0.2) is 24.4 Å². The van der Waals surface area contributed by atoms with Crippen LogP contribution in [0.3, 0.4) is 0 Å². The molecule has 0 radical (unpaired) electrons. The summed E-state index contributed by atoms with van der Waals surface area (Å²) in [5.41, 5.74) is 0.983. The van der Waals surface area contributed by atoms with Crippen LogP contribution in [0.25, 0.3) is 11.0 Å². The maximum atomic E-state index is 4.64. The highest BCUT2D eigenvalue weighted by molar-refractivity contribution is 5.77. The number of H-pyrrole nitrogens is 1. The van der Waals surface area contributed by atoms with Crippen molar-refractivity contribution in [1.29, 1.82) is 0 Å². The molecular formula is C12H16N4. The largest absolute Gasteiger partial charge is 0.354 e. The Morgan fingerprint density at radius 2 is 1.94 bits per heavy atom. The van der Waals surface area contributed by atoms with Crippen molar-refractivity contribution in [1.82, 2.24) is 14.9 Å². The first kappa shape index (κ1) is 9.66. The Labute approximate surface area is 94.9 Å². The molecule has 0 amide bonds. The number of nitrogens with zero attached hydrogens (tertiary/aromatic N) is 3. The number of aromatic amines is 1. The highest BCUT2D eigenvalue weighted by atomic mass is 15.3. The Bertz CT molecular complexity index is 482. The fourth-order valence-corrected chi connectivity index (χ4v) is 2.13. The van der Waals surface area contributed by atoms with Gasteiger partial charge in [-0.05, 0) is 25.2 Å². The fraction of sp³-hybridized carbons (Fsp3) is 0.417. The van der Waals surface area contributed by atoms with Crippen molar-refractivity contribution in [3.05, 3.63) is 24.4 Å². The average molecular weight is 216 g/mol. The Morgan fingerprint density at radius 3 is 2.75 bits per heavy atom. The van der Waals surface area contributed by atoms with Crippen LogP contribution in [-0.2, 0) is 0 Å². The van der Waals surface area contributed by atoms with Gasteiger partial charge < -0.3 is 14.8 Å². The molecule has 0 atom stereocenters. The Kier molecular flexibility index (Phi) is 2.29. The van der Waals surface area contributed by atoms with E-state index in [-0.39, 0.29) is 0 Å². The number of piperazine rings is 1. The van der Waals surface area contributed by atoms with Gasteiger partial charge in [-0.3, -0.25) is 0 Å². The molecule has 4 heteroatoms. The summed E-state index contributed by atoms with van der Waals surface area (Å²) in [5.74, 6) is 1.09. The minimum absolute atomic E-state index is 0.983. The minimum atomic E-state index is 0.983. The zero-order chi connectivity index (χ0) is 11.0. The fourth-order valence-electron chi connectivity index (χ4n) is 2.13. The third-order valence-electron chi connectivity index (χ3n) is 3.22. The lowest BCUT2D eigenvalue weighted by Gasteiger charge is -2.33. The smallest absolute Gasteiger partial charge is 0.139 e. The van der Waals surface area contributed by atoms with Crippen LogP contribution in [0.2, 0.25) is 0 Å². The molecule has 0 saturated carbocycles. The number of hydrogen-bond acceptors (Lipinski definition) is 3. The van der Waals surface area contributed by atoms with Gasteiger partial charge in [0.05, 0.1) is 0 Å². The van der Waals surface area contributed by atoms with Crippen LogP contribution in [0, 0.1) is 0 Å². The Morgan fingerprint density at radius 1 is 1.12 bits per heavy atom. The minimum Gasteiger partial charge on any atom is -0.354 e. The van der Waals surface area contributed by atoms with E-state index in [0.29, 0.717) is 0 Å². The highest BCUT2D eigenvalue weighted by Gasteiger charge is 2.15. The molecule has 1 fully saturated rings. The molecule has 16 heavy (non-hydrogen) atoms. The number of hydrogen-bond donors (Lipinski definition) is 1. The van der Waals surface area contributed by atoms with Crippen molar-refractivity contribution >= 4 is 16.9 Å². The molecule has 0 spiro atoms. The number of likely N-dealkylation sites (N-methyl/N-ethyl adjacent to an activating group) is 1. The van der Waals surface area contributed by atoms with Crippen LogP contribution in [0.1, 0.15) is 0 Å². The number of aromatic nitrogens is 2. The van der Waals surface area contributed by atoms with Gasteiger partial charge in [0.15, 0.2) is 0 Å². The first-order valence-corrected chi connectivity index (χ1v) is 5.70. The van der Waals surface area contributed by atoms with E-state index >= 15 is 0 Å². The summed E-state index contributed by atoms with van der Waals surface area (Å²) in [6.45, 7) is 4.36. The molecule has 0 unspecified atom stereocenters. The molecule has 4 nitrogen and oxygen atoms in total. The van der Waals surface area contributed by atoms with Crippen molar-refractivity contribution in [3.8, 4) is 0 Å². The second kappa shape index (κ2) is 3.79. The van der Waals surface area contributed by atoms with Crippen molar-refractivity contribution < 1.29 is 0 Å². The molecule has 0 aromatic carbocycles. The van der Waals surface area contributed by atoms with E-state index in [1.54, 1.807) is 0 Å². The number of fused-ring (bicyclic) bond motifs is 1. The van der Waals surface area contributed by atoms with Gasteiger partial charge in [-0.1, -0.05) is 0 Å². The first-order chi connectivity index (χ1) is 7.83. The number of nitrogens with one attached hydrogen (secondary N) is 1. The summed E-state index contributed by atoms with van der Waals surface area (Å²) < 4.78 is 0. The number of anilines is 1. The lowest BCUT2D eigenvalue weighted by atomic mass is 10.3. The van der Waals surface area contributed by atoms with E-state index in [0.717, 1.165) is 37.6 Å². The van der Waals surface area contributed by atoms with E-state index in [4.69, 9.17) is 0 Å². The SMILES string of the molecule is CN1CCN(c2ccc3cc[nH]c3n2)CC1. The predicted octanol–water partition coefficient (Wildman–Crippen LogP) is 1.31. The first-order valence-electron chi connectivity index (χ1n) is 5.70. The van der Waals surface area contributed by atoms with Crippen LogP contribution in [0.5, 0.6) is 0 Å². The van der Waals surface area contributed by atoms with Crippen molar-refractivity contribution in [2.24, 2.45) is 0 Å². The third kappa shape index (κ3) is 1.65. The normalized spacial score (nSPS) is 18.2. The molecule has 2 aromatic heterocycles. The van der Waals surface area contributed by atoms with Crippen LogP contribution in [0.4, 0.5) is 5.82 Å². The topological polar surface area (TPSA) is 35.2 Å². The summed E-state index contributed by atoms with van der Waals surface area (Å²) in [6.07, 6.45) is 1.94. The molecule has 1 aliphatic heterocycles. The van der Waals surface area contributed by atoms with Gasteiger partial charge in [-0.2, -0.15) is 0 Å². The van der Waals surface area contributed by atoms with Crippen molar-refractivity contribution in [2.75, 3.05) is 38.1 Å². The monoisotopic (exact) mass is 216 g/mol. The average Bonchev–Trinajstić information content (AvgIpc) is 2.77. The maximum Gasteiger partial charge on any atom is 0.139 e. The van der Waals surface area contributed by atoms with E-state index in [1.807, 2.05) is 6.20 Å². The second-order valence-electron chi connectivity index (χ2n) is 4.38. The van der Waals surface area contributed by atoms with Gasteiger partial charge in [0.2, 0.25) is 0 Å². The summed E-state index contributed by atoms with van der Waals surface area (Å²) in [5, 5.41) is 1.18. The van der Waals surface area contributed by atoms with E-state index < -0.39 is 0 Å². The quantitative estimate of drug-likeness (QED) is 0.780.